The van der Waals surface area contributed by atoms with Crippen molar-refractivity contribution in [2.75, 3.05) is 26.7 Å². The van der Waals surface area contributed by atoms with Crippen molar-refractivity contribution in [3.05, 3.63) is 46.2 Å². The number of aromatic nitrogens is 1. The number of fused-ring (bicyclic) bond motifs is 3. The molecule has 0 aliphatic carbocycles. The lowest BCUT2D eigenvalue weighted by Crippen LogP contribution is -2.53. The van der Waals surface area contributed by atoms with Crippen molar-refractivity contribution in [2.24, 2.45) is 0 Å². The van der Waals surface area contributed by atoms with E-state index in [1.54, 1.807) is 10.6 Å². The van der Waals surface area contributed by atoms with E-state index in [1.807, 2.05) is 38.1 Å². The Kier molecular flexibility index (Phi) is 7.97. The lowest BCUT2D eigenvalue weighted by molar-refractivity contribution is -0.0599. The standard InChI is InChI=1S/C26H36N4O6/c1-16(2)30-22-7-5-4-6-17(22)12-21(25(30)34)24(33)27-18-13-19-8-9-20(14-18)29(19)11-10-28(15-23(31)32)26(35)36-3/h4-7,12,16,18-20,23,31-32H,8-11,13-15H2,1-3H3,(H,27,33). The summed E-state index contributed by atoms with van der Waals surface area (Å²) in [5.74, 6) is -0.341. The maximum atomic E-state index is 13.2. The molecule has 36 heavy (non-hydrogen) atoms. The van der Waals surface area contributed by atoms with E-state index < -0.39 is 12.4 Å². The number of pyridine rings is 1. The van der Waals surface area contributed by atoms with Crippen molar-refractivity contribution >= 4 is 22.9 Å². The van der Waals surface area contributed by atoms with Gasteiger partial charge in [0.05, 0.1) is 19.2 Å². The minimum absolute atomic E-state index is 0.0411. The third-order valence-electron chi connectivity index (χ3n) is 7.37. The molecule has 2 aliphatic heterocycles. The van der Waals surface area contributed by atoms with Gasteiger partial charge in [0.25, 0.3) is 11.5 Å². The van der Waals surface area contributed by atoms with Gasteiger partial charge in [0.2, 0.25) is 0 Å². The maximum absolute atomic E-state index is 13.2. The lowest BCUT2D eigenvalue weighted by atomic mass is 9.96. The molecule has 2 saturated heterocycles. The van der Waals surface area contributed by atoms with E-state index in [1.165, 1.54) is 12.0 Å². The Hall–Kier alpha value is -2.95. The predicted octanol–water partition coefficient (Wildman–Crippen LogP) is 1.69. The first kappa shape index (κ1) is 26.1. The second-order valence-corrected chi connectivity index (χ2v) is 10.0. The predicted molar refractivity (Wildman–Crippen MR) is 135 cm³/mol. The number of piperidine rings is 1. The topological polar surface area (TPSA) is 124 Å². The molecule has 1 aromatic carbocycles. The Morgan fingerprint density at radius 3 is 2.44 bits per heavy atom. The smallest absolute Gasteiger partial charge is 0.409 e. The molecule has 2 bridgehead atoms. The zero-order valence-corrected chi connectivity index (χ0v) is 21.1. The highest BCUT2D eigenvalue weighted by atomic mass is 16.5. The summed E-state index contributed by atoms with van der Waals surface area (Å²) in [5.41, 5.74) is 0.694. The summed E-state index contributed by atoms with van der Waals surface area (Å²) >= 11 is 0. The molecule has 2 aliphatic rings. The number of methoxy groups -OCH3 is 1. The number of rotatable bonds is 8. The fourth-order valence-corrected chi connectivity index (χ4v) is 5.80. The van der Waals surface area contributed by atoms with Crippen LogP contribution in [-0.2, 0) is 4.74 Å². The highest BCUT2D eigenvalue weighted by Gasteiger charge is 2.41. The number of ether oxygens (including phenoxy) is 1. The number of benzene rings is 1. The van der Waals surface area contributed by atoms with Gasteiger partial charge in [0.15, 0.2) is 6.29 Å². The fourth-order valence-electron chi connectivity index (χ4n) is 5.80. The van der Waals surface area contributed by atoms with Gasteiger partial charge in [-0.25, -0.2) is 4.79 Å². The Labute approximate surface area is 210 Å². The van der Waals surface area contributed by atoms with E-state index in [2.05, 4.69) is 10.2 Å². The number of aliphatic hydroxyl groups excluding tert-OH is 1. The second-order valence-electron chi connectivity index (χ2n) is 10.0. The largest absolute Gasteiger partial charge is 0.453 e. The van der Waals surface area contributed by atoms with Crippen LogP contribution in [0.15, 0.2) is 35.1 Å². The normalized spacial score (nSPS) is 21.8. The summed E-state index contributed by atoms with van der Waals surface area (Å²) in [4.78, 5) is 42.1. The summed E-state index contributed by atoms with van der Waals surface area (Å²) in [6.07, 6.45) is 1.28. The third kappa shape index (κ3) is 5.40. The molecule has 3 heterocycles. The van der Waals surface area contributed by atoms with Crippen LogP contribution in [0.4, 0.5) is 4.79 Å². The molecule has 0 saturated carbocycles. The van der Waals surface area contributed by atoms with Crippen LogP contribution < -0.4 is 10.9 Å². The number of nitrogens with one attached hydrogen (secondary N) is 1. The molecule has 4 rings (SSSR count). The van der Waals surface area contributed by atoms with Crippen molar-refractivity contribution in [2.45, 2.75) is 70.0 Å². The van der Waals surface area contributed by atoms with Crippen LogP contribution in [-0.4, -0.2) is 87.7 Å². The van der Waals surface area contributed by atoms with Crippen molar-refractivity contribution < 1.29 is 24.5 Å². The van der Waals surface area contributed by atoms with Gasteiger partial charge in [-0.05, 0) is 57.0 Å². The first-order chi connectivity index (χ1) is 17.2. The summed E-state index contributed by atoms with van der Waals surface area (Å²) in [5, 5.41) is 22.5. The third-order valence-corrected chi connectivity index (χ3v) is 7.37. The fraction of sp³-hybridized carbons (Fsp3) is 0.577. The lowest BCUT2D eigenvalue weighted by Gasteiger charge is -2.40. The minimum Gasteiger partial charge on any atom is -0.453 e. The molecule has 3 N–H and O–H groups in total. The van der Waals surface area contributed by atoms with Crippen LogP contribution in [0.1, 0.15) is 55.9 Å². The highest BCUT2D eigenvalue weighted by molar-refractivity contribution is 5.97. The molecule has 2 atom stereocenters. The monoisotopic (exact) mass is 500 g/mol. The van der Waals surface area contributed by atoms with Crippen molar-refractivity contribution in [3.8, 4) is 0 Å². The summed E-state index contributed by atoms with van der Waals surface area (Å²) in [6, 6.07) is 9.66. The molecule has 196 valence electrons. The molecular weight excluding hydrogens is 464 g/mol. The Morgan fingerprint density at radius 2 is 1.83 bits per heavy atom. The van der Waals surface area contributed by atoms with Crippen LogP contribution in [0.25, 0.3) is 10.9 Å². The van der Waals surface area contributed by atoms with Gasteiger partial charge >= 0.3 is 6.09 Å². The van der Waals surface area contributed by atoms with Gasteiger partial charge in [-0.2, -0.15) is 0 Å². The average molecular weight is 501 g/mol. The Balaban J connectivity index is 1.43. The molecule has 2 fully saturated rings. The maximum Gasteiger partial charge on any atom is 0.409 e. The molecule has 10 nitrogen and oxygen atoms in total. The molecule has 2 amide bonds. The van der Waals surface area contributed by atoms with Crippen molar-refractivity contribution in [1.82, 2.24) is 19.7 Å². The van der Waals surface area contributed by atoms with Gasteiger partial charge in [-0.1, -0.05) is 18.2 Å². The number of para-hydroxylation sites is 1. The van der Waals surface area contributed by atoms with E-state index in [9.17, 15) is 24.6 Å². The quantitative estimate of drug-likeness (QED) is 0.471. The van der Waals surface area contributed by atoms with E-state index in [0.717, 1.165) is 36.6 Å². The van der Waals surface area contributed by atoms with Crippen LogP contribution in [0.5, 0.6) is 0 Å². The van der Waals surface area contributed by atoms with E-state index >= 15 is 0 Å². The molecule has 2 unspecified atom stereocenters. The van der Waals surface area contributed by atoms with E-state index in [4.69, 9.17) is 4.74 Å². The highest BCUT2D eigenvalue weighted by Crippen LogP contribution is 2.35. The number of hydrogen-bond donors (Lipinski definition) is 3. The average Bonchev–Trinajstić information content (AvgIpc) is 3.07. The first-order valence-corrected chi connectivity index (χ1v) is 12.6. The summed E-state index contributed by atoms with van der Waals surface area (Å²) < 4.78 is 6.43. The molecular formula is C26H36N4O6. The molecule has 10 heteroatoms. The van der Waals surface area contributed by atoms with Crippen LogP contribution in [0.2, 0.25) is 0 Å². The van der Waals surface area contributed by atoms with Crippen molar-refractivity contribution in [1.29, 1.82) is 0 Å². The minimum atomic E-state index is -1.63. The number of carbonyl (C=O) groups excluding carboxylic acids is 2. The van der Waals surface area contributed by atoms with Crippen LogP contribution in [0.3, 0.4) is 0 Å². The van der Waals surface area contributed by atoms with Crippen molar-refractivity contribution in [3.63, 3.8) is 0 Å². The number of nitrogens with zero attached hydrogens (tertiary/aromatic N) is 3. The SMILES string of the molecule is COC(=O)N(CCN1C2CCC1CC(NC(=O)c1cc3ccccc3n(C(C)C)c1=O)C2)CC(O)O. The van der Waals surface area contributed by atoms with E-state index in [0.29, 0.717) is 13.1 Å². The van der Waals surface area contributed by atoms with Gasteiger partial charge < -0.3 is 29.7 Å². The first-order valence-electron chi connectivity index (χ1n) is 12.6. The summed E-state index contributed by atoms with van der Waals surface area (Å²) in [7, 11) is 1.27. The van der Waals surface area contributed by atoms with Gasteiger partial charge in [-0.3, -0.25) is 14.5 Å². The van der Waals surface area contributed by atoms with Crippen LogP contribution in [0, 0.1) is 0 Å². The molecule has 1 aromatic heterocycles. The summed E-state index contributed by atoms with van der Waals surface area (Å²) in [6.45, 7) is 4.56. The zero-order chi connectivity index (χ0) is 26.0. The van der Waals surface area contributed by atoms with Crippen LogP contribution >= 0.6 is 0 Å². The molecule has 0 spiro atoms. The number of aliphatic hydroxyl groups is 2. The van der Waals surface area contributed by atoms with Gasteiger partial charge in [-0.15, -0.1) is 0 Å². The molecule has 2 aromatic rings. The Morgan fingerprint density at radius 1 is 1.17 bits per heavy atom. The number of amides is 2. The zero-order valence-electron chi connectivity index (χ0n) is 21.1. The second kappa shape index (κ2) is 11.0. The number of carbonyl (C=O) groups is 2. The molecule has 0 radical (unpaired) electrons. The van der Waals surface area contributed by atoms with Gasteiger partial charge in [0, 0.05) is 37.3 Å². The van der Waals surface area contributed by atoms with E-state index in [-0.39, 0.29) is 47.7 Å². The van der Waals surface area contributed by atoms with Gasteiger partial charge in [0.1, 0.15) is 5.56 Å². The Bertz CT molecular complexity index is 1150. The number of hydrogen-bond acceptors (Lipinski definition) is 7.